The fourth-order valence-electron chi connectivity index (χ4n) is 3.34. The van der Waals surface area contributed by atoms with Crippen LogP contribution in [0, 0.1) is 0 Å². The molecule has 3 aromatic rings. The van der Waals surface area contributed by atoms with Gasteiger partial charge in [0.1, 0.15) is 17.3 Å². The number of sulfonamides is 1. The van der Waals surface area contributed by atoms with E-state index in [0.717, 1.165) is 6.07 Å². The molecule has 0 aliphatic heterocycles. The third-order valence-electron chi connectivity index (χ3n) is 4.92. The van der Waals surface area contributed by atoms with Gasteiger partial charge in [0, 0.05) is 13.1 Å². The van der Waals surface area contributed by atoms with Gasteiger partial charge in [0.25, 0.3) is 0 Å². The molecular weight excluding hydrogens is 444 g/mol. The van der Waals surface area contributed by atoms with Crippen LogP contribution in [0.3, 0.4) is 0 Å². The molecule has 0 fully saturated rings. The highest BCUT2D eigenvalue weighted by Gasteiger charge is 2.27. The molecule has 0 aliphatic carbocycles. The number of esters is 1. The third-order valence-corrected chi connectivity index (χ3v) is 6.99. The van der Waals surface area contributed by atoms with E-state index in [1.54, 1.807) is 32.0 Å². The number of halogens is 2. The molecule has 1 heterocycles. The monoisotopic (exact) mass is 467 g/mol. The molecular formula is C21H23F2N3O5S. The van der Waals surface area contributed by atoms with Gasteiger partial charge in [-0.2, -0.15) is 13.1 Å². The molecule has 1 aromatic heterocycles. The fraction of sp³-hybridized carbons (Fsp3) is 0.333. The molecule has 0 radical (unpaired) electrons. The zero-order chi connectivity index (χ0) is 23.5. The van der Waals surface area contributed by atoms with Crippen molar-refractivity contribution in [3.05, 3.63) is 53.9 Å². The van der Waals surface area contributed by atoms with Crippen molar-refractivity contribution in [3.8, 4) is 5.75 Å². The van der Waals surface area contributed by atoms with Crippen LogP contribution >= 0.6 is 0 Å². The summed E-state index contributed by atoms with van der Waals surface area (Å²) in [6, 6.07) is 10.2. The summed E-state index contributed by atoms with van der Waals surface area (Å²) >= 11 is 0. The first-order valence-corrected chi connectivity index (χ1v) is 11.3. The second-order valence-electron chi connectivity index (χ2n) is 6.70. The highest BCUT2D eigenvalue weighted by molar-refractivity contribution is 7.89. The first kappa shape index (κ1) is 23.6. The van der Waals surface area contributed by atoms with Crippen molar-refractivity contribution in [2.75, 3.05) is 20.2 Å². The van der Waals surface area contributed by atoms with Crippen molar-refractivity contribution in [1.29, 1.82) is 0 Å². The van der Waals surface area contributed by atoms with Gasteiger partial charge in [0.05, 0.1) is 23.7 Å². The Morgan fingerprint density at radius 2 is 1.84 bits per heavy atom. The lowest BCUT2D eigenvalue weighted by Crippen LogP contribution is -2.31. The SMILES string of the molecule is CCN(CC)S(=O)(=O)c1cc(C(=O)OCc2nc3ccccc3n2C(F)F)ccc1OC. The van der Waals surface area contributed by atoms with Crippen LogP contribution in [0.5, 0.6) is 5.75 Å². The van der Waals surface area contributed by atoms with Gasteiger partial charge in [0.2, 0.25) is 10.0 Å². The van der Waals surface area contributed by atoms with Crippen molar-refractivity contribution >= 4 is 27.0 Å². The van der Waals surface area contributed by atoms with Gasteiger partial charge < -0.3 is 9.47 Å². The molecule has 0 saturated heterocycles. The maximum atomic E-state index is 13.5. The third kappa shape index (κ3) is 4.44. The maximum Gasteiger partial charge on any atom is 0.338 e. The minimum atomic E-state index is -3.92. The summed E-state index contributed by atoms with van der Waals surface area (Å²) < 4.78 is 65.2. The van der Waals surface area contributed by atoms with Gasteiger partial charge in [-0.3, -0.25) is 4.57 Å². The van der Waals surface area contributed by atoms with Crippen LogP contribution < -0.4 is 4.74 Å². The van der Waals surface area contributed by atoms with E-state index in [-0.39, 0.29) is 40.6 Å². The number of aromatic nitrogens is 2. The molecule has 0 spiro atoms. The Hall–Kier alpha value is -3.05. The Labute approximate surface area is 184 Å². The number of fused-ring (bicyclic) bond motifs is 1. The molecule has 8 nitrogen and oxygen atoms in total. The van der Waals surface area contributed by atoms with Crippen LogP contribution in [0.25, 0.3) is 11.0 Å². The van der Waals surface area contributed by atoms with E-state index >= 15 is 0 Å². The van der Waals surface area contributed by atoms with E-state index in [1.807, 2.05) is 0 Å². The number of para-hydroxylation sites is 2. The number of benzene rings is 2. The summed E-state index contributed by atoms with van der Waals surface area (Å²) in [5.41, 5.74) is 0.498. The smallest absolute Gasteiger partial charge is 0.338 e. The summed E-state index contributed by atoms with van der Waals surface area (Å²) in [4.78, 5) is 16.5. The van der Waals surface area contributed by atoms with Crippen molar-refractivity contribution in [1.82, 2.24) is 13.9 Å². The zero-order valence-corrected chi connectivity index (χ0v) is 18.6. The number of ether oxygens (including phenoxy) is 2. The summed E-state index contributed by atoms with van der Waals surface area (Å²) in [7, 11) is -2.59. The van der Waals surface area contributed by atoms with E-state index in [1.165, 1.54) is 29.6 Å². The minimum Gasteiger partial charge on any atom is -0.495 e. The number of alkyl halides is 2. The number of hydrogen-bond acceptors (Lipinski definition) is 6. The average Bonchev–Trinajstić information content (AvgIpc) is 3.16. The van der Waals surface area contributed by atoms with Crippen LogP contribution in [0.15, 0.2) is 47.4 Å². The Bertz CT molecular complexity index is 1220. The minimum absolute atomic E-state index is 0.0590. The Morgan fingerprint density at radius 3 is 2.47 bits per heavy atom. The normalized spacial score (nSPS) is 12.0. The number of imidazole rings is 1. The van der Waals surface area contributed by atoms with Crippen LogP contribution in [0.4, 0.5) is 8.78 Å². The zero-order valence-electron chi connectivity index (χ0n) is 17.8. The topological polar surface area (TPSA) is 90.7 Å². The number of methoxy groups -OCH3 is 1. The quantitative estimate of drug-likeness (QED) is 0.445. The second kappa shape index (κ2) is 9.61. The van der Waals surface area contributed by atoms with Gasteiger partial charge in [-0.05, 0) is 30.3 Å². The molecule has 0 N–H and O–H groups in total. The summed E-state index contributed by atoms with van der Waals surface area (Å²) in [5, 5.41) is 0. The maximum absolute atomic E-state index is 13.5. The molecule has 32 heavy (non-hydrogen) atoms. The van der Waals surface area contributed by atoms with Gasteiger partial charge >= 0.3 is 12.5 Å². The molecule has 0 atom stereocenters. The standard InChI is InChI=1S/C21H23F2N3O5S/c1-4-25(5-2)32(28,29)18-12-14(10-11-17(18)30-3)20(27)31-13-19-24-15-8-6-7-9-16(15)26(19)21(22)23/h6-12,21H,4-5,13H2,1-3H3. The van der Waals surface area contributed by atoms with Crippen molar-refractivity contribution in [2.45, 2.75) is 31.9 Å². The van der Waals surface area contributed by atoms with Gasteiger partial charge in [0.15, 0.2) is 5.82 Å². The summed E-state index contributed by atoms with van der Waals surface area (Å²) in [6.45, 7) is 0.479. The second-order valence-corrected chi connectivity index (χ2v) is 8.60. The van der Waals surface area contributed by atoms with Crippen molar-refractivity contribution < 1.29 is 31.5 Å². The largest absolute Gasteiger partial charge is 0.495 e. The first-order valence-electron chi connectivity index (χ1n) is 9.83. The van der Waals surface area contributed by atoms with E-state index in [0.29, 0.717) is 10.1 Å². The lowest BCUT2D eigenvalue weighted by atomic mass is 10.2. The van der Waals surface area contributed by atoms with Crippen LogP contribution in [0.2, 0.25) is 0 Å². The van der Waals surface area contributed by atoms with Crippen LogP contribution in [-0.2, 0) is 21.4 Å². The van der Waals surface area contributed by atoms with E-state index in [2.05, 4.69) is 4.98 Å². The molecule has 0 amide bonds. The van der Waals surface area contributed by atoms with E-state index in [9.17, 15) is 22.0 Å². The van der Waals surface area contributed by atoms with Gasteiger partial charge in [-0.15, -0.1) is 0 Å². The molecule has 3 rings (SSSR count). The number of nitrogens with zero attached hydrogens (tertiary/aromatic N) is 3. The van der Waals surface area contributed by atoms with Gasteiger partial charge in [-0.25, -0.2) is 18.2 Å². The molecule has 0 aliphatic rings. The lowest BCUT2D eigenvalue weighted by Gasteiger charge is -2.20. The first-order chi connectivity index (χ1) is 15.2. The predicted molar refractivity (Wildman–Crippen MR) is 113 cm³/mol. The molecule has 0 unspecified atom stereocenters. The van der Waals surface area contributed by atoms with Gasteiger partial charge in [-0.1, -0.05) is 26.0 Å². The highest BCUT2D eigenvalue weighted by Crippen LogP contribution is 2.29. The number of rotatable bonds is 9. The Kier molecular flexibility index (Phi) is 7.09. The van der Waals surface area contributed by atoms with Crippen molar-refractivity contribution in [2.24, 2.45) is 0 Å². The number of hydrogen-bond donors (Lipinski definition) is 0. The summed E-state index contributed by atoms with van der Waals surface area (Å²) in [5.74, 6) is -0.927. The van der Waals surface area contributed by atoms with E-state index in [4.69, 9.17) is 9.47 Å². The Morgan fingerprint density at radius 1 is 1.16 bits per heavy atom. The number of carbonyl (C=O) groups excluding carboxylic acids is 1. The molecule has 172 valence electrons. The predicted octanol–water partition coefficient (Wildman–Crippen LogP) is 3.83. The molecule has 11 heteroatoms. The number of carbonyl (C=O) groups is 1. The lowest BCUT2D eigenvalue weighted by molar-refractivity contribution is 0.0387. The average molecular weight is 467 g/mol. The van der Waals surface area contributed by atoms with Crippen LogP contribution in [0.1, 0.15) is 36.6 Å². The highest BCUT2D eigenvalue weighted by atomic mass is 32.2. The molecule has 2 aromatic carbocycles. The van der Waals surface area contributed by atoms with Crippen molar-refractivity contribution in [3.63, 3.8) is 0 Å². The molecule has 0 bridgehead atoms. The fourth-order valence-corrected chi connectivity index (χ4v) is 4.97. The Balaban J connectivity index is 1.90. The summed E-state index contributed by atoms with van der Waals surface area (Å²) in [6.07, 6.45) is 0. The molecule has 0 saturated carbocycles. The van der Waals surface area contributed by atoms with Crippen LogP contribution in [-0.4, -0.2) is 48.4 Å². The van der Waals surface area contributed by atoms with E-state index < -0.39 is 29.1 Å².